The van der Waals surface area contributed by atoms with E-state index in [0.717, 1.165) is 106 Å². The first kappa shape index (κ1) is 65.4. The van der Waals surface area contributed by atoms with Gasteiger partial charge in [-0.15, -0.1) is 0 Å². The fourth-order valence-corrected chi connectivity index (χ4v) is 10.9. The van der Waals surface area contributed by atoms with Gasteiger partial charge in [0.1, 0.15) is 0 Å². The minimum Gasteiger partial charge on any atom is -0.368 e. The Labute approximate surface area is 453 Å². The molecule has 6 aliphatic heterocycles. The molecule has 6 saturated heterocycles. The summed E-state index contributed by atoms with van der Waals surface area (Å²) in [6.07, 6.45) is 7.73. The van der Waals surface area contributed by atoms with Crippen molar-refractivity contribution in [2.24, 2.45) is 23.7 Å². The summed E-state index contributed by atoms with van der Waals surface area (Å²) in [5.41, 5.74) is 3.92. The van der Waals surface area contributed by atoms with Crippen molar-refractivity contribution in [3.8, 4) is 0 Å². The Hall–Kier alpha value is -2.40. The smallest absolute Gasteiger partial charge is 0.368 e. The maximum absolute atomic E-state index is 10.2. The molecular weight excluding hydrogens is 1140 g/mol. The lowest BCUT2D eigenvalue weighted by atomic mass is 9.58. The van der Waals surface area contributed by atoms with Crippen molar-refractivity contribution < 1.29 is 101 Å². The fourth-order valence-electron chi connectivity index (χ4n) is 10.6. The maximum atomic E-state index is 10.2. The number of pyridine rings is 2. The van der Waals surface area contributed by atoms with Crippen LogP contribution in [0.4, 0.5) is 11.4 Å². The summed E-state index contributed by atoms with van der Waals surface area (Å²) in [7, 11) is -18.6. The zero-order valence-corrected chi connectivity index (χ0v) is 47.2. The van der Waals surface area contributed by atoms with E-state index in [4.69, 9.17) is 119 Å². The molecule has 8 heterocycles. The number of nitrogens with zero attached hydrogens (tertiary/aromatic N) is 6. The molecule has 13 N–H and O–H groups in total. The van der Waals surface area contributed by atoms with Crippen molar-refractivity contribution in [1.82, 2.24) is 19.8 Å². The van der Waals surface area contributed by atoms with E-state index in [2.05, 4.69) is 60.8 Å². The van der Waals surface area contributed by atoms with Gasteiger partial charge >= 0.3 is 31.3 Å². The Kier molecular flexibility index (Phi) is 23.4. The molecule has 0 radical (unpaired) electrons. The number of aromatic nitrogens is 2. The molecule has 2 bridgehead atoms. The molecule has 1 saturated carbocycles. The molecule has 77 heavy (non-hydrogen) atoms. The van der Waals surface area contributed by atoms with Gasteiger partial charge in [0.2, 0.25) is 5.79 Å². The summed E-state index contributed by atoms with van der Waals surface area (Å²) in [6, 6.07) is 16.3. The first-order chi connectivity index (χ1) is 35.6. The van der Waals surface area contributed by atoms with E-state index < -0.39 is 55.3 Å². The van der Waals surface area contributed by atoms with Crippen molar-refractivity contribution in [2.75, 3.05) is 75.2 Å². The molecule has 1 spiro atoms. The quantitative estimate of drug-likeness (QED) is 0.0961. The second-order valence-corrected chi connectivity index (χ2v) is 24.3. The third-order valence-corrected chi connectivity index (χ3v) is 14.3. The van der Waals surface area contributed by atoms with Crippen molar-refractivity contribution in [3.05, 3.63) is 71.0 Å². The van der Waals surface area contributed by atoms with Gasteiger partial charge in [0.05, 0.1) is 11.0 Å². The second kappa shape index (κ2) is 27.6. The summed E-state index contributed by atoms with van der Waals surface area (Å²) < 4.78 is 47.4. The molecule has 434 valence electrons. The fraction of sp³-hybridized carbons (Fsp3) is 0.591. The van der Waals surface area contributed by atoms with Crippen molar-refractivity contribution in [1.29, 1.82) is 0 Å². The van der Waals surface area contributed by atoms with Gasteiger partial charge in [0.25, 0.3) is 0 Å². The number of anilines is 2. The molecule has 0 unspecified atom stereocenters. The molecule has 11 rings (SSSR count). The number of hydrogen-bond acceptors (Lipinski definition) is 15. The second-order valence-electron chi connectivity index (χ2n) is 19.3. The third kappa shape index (κ3) is 20.8. The standard InChI is InChI=1S/C29H32Cl2N6.C15H24O5.4H3O4P/c30-22-2-4-24-26(20-22)32-8-6-28(24)36-16-12-34(13-17-36)10-1-11-35-14-18-37(19-15-35)29-7-9-33-27-21-23(31)3-5-25(27)29;1-8-4-5-11-9(2)12(16)17-13-15(11)10(8)6-7-14(3,18-13)19-20-15;4*1-5(2,3)4/h2-9,20-21H,1,10-19H2;8-13,16H,4-7H2,1-3H3;4*(H3,1,2,3,4)/t;8-,9-,10+,11+,12+,13-,14-,15-;;;;/m.1..../s1. The number of aliphatic hydroxyl groups excluding tert-OH is 1. The topological polar surface area (TPSA) is 407 Å². The molecule has 7 fully saturated rings. The average Bonchev–Trinajstić information content (AvgIpc) is 3.54. The van der Waals surface area contributed by atoms with Gasteiger partial charge in [-0.3, -0.25) is 19.8 Å². The average molecular weight is 1210 g/mol. The van der Waals surface area contributed by atoms with Gasteiger partial charge in [-0.25, -0.2) is 28.0 Å². The number of halogens is 2. The SMILES string of the molecule is C[C@H]1[C@@H](O)O[C@@H]2O[C@@]3(C)CC[C@H]4[C@H](C)CC[C@@H]1[C@@]24OO3.Clc1ccc2c(N3CCN(CCCN4CCN(c5ccnc6cc(Cl)ccc56)CC4)CC3)ccnc2c1.O=P(O)(O)O.O=P(O)(O)O.O=P(O)(O)O.O=P(O)(O)O. The lowest BCUT2D eigenvalue weighted by molar-refractivity contribution is -0.576. The van der Waals surface area contributed by atoms with Gasteiger partial charge in [0.15, 0.2) is 18.2 Å². The summed E-state index contributed by atoms with van der Waals surface area (Å²) in [6.45, 7) is 17.1. The molecule has 33 heteroatoms. The molecule has 8 atom stereocenters. The minimum absolute atomic E-state index is 0.0379. The number of fused-ring (bicyclic) bond motifs is 4. The highest BCUT2D eigenvalue weighted by atomic mass is 35.5. The van der Waals surface area contributed by atoms with Crippen LogP contribution >= 0.6 is 54.5 Å². The predicted octanol–water partition coefficient (Wildman–Crippen LogP) is 3.90. The third-order valence-electron chi connectivity index (χ3n) is 13.9. The van der Waals surface area contributed by atoms with Crippen LogP contribution in [0.2, 0.25) is 10.0 Å². The van der Waals surface area contributed by atoms with E-state index in [1.807, 2.05) is 50.5 Å². The summed E-state index contributed by atoms with van der Waals surface area (Å²) in [5.74, 6) is 0.437. The van der Waals surface area contributed by atoms with Gasteiger partial charge in [-0.1, -0.05) is 37.0 Å². The van der Waals surface area contributed by atoms with Crippen LogP contribution in [-0.2, 0) is 37.5 Å². The summed E-state index contributed by atoms with van der Waals surface area (Å²) >= 11 is 12.3. The largest absolute Gasteiger partial charge is 0.466 e. The zero-order chi connectivity index (χ0) is 57.3. The first-order valence-corrected chi connectivity index (χ1v) is 31.2. The summed E-state index contributed by atoms with van der Waals surface area (Å²) in [4.78, 5) is 117. The predicted molar refractivity (Wildman–Crippen MR) is 282 cm³/mol. The van der Waals surface area contributed by atoms with Crippen LogP contribution in [0.15, 0.2) is 60.9 Å². The monoisotopic (exact) mass is 1210 g/mol. The Morgan fingerprint density at radius 3 is 1.43 bits per heavy atom. The molecule has 27 nitrogen and oxygen atoms in total. The number of piperazine rings is 2. The molecular formula is C44H68Cl2N6O21P4. The van der Waals surface area contributed by atoms with Gasteiger partial charge in [-0.05, 0) is 106 Å². The maximum Gasteiger partial charge on any atom is 0.466 e. The Bertz CT molecular complexity index is 2540. The highest BCUT2D eigenvalue weighted by molar-refractivity contribution is 7.45. The van der Waals surface area contributed by atoms with E-state index >= 15 is 0 Å². The number of aliphatic hydroxyl groups is 1. The molecule has 7 aliphatic rings. The Morgan fingerprint density at radius 2 is 1.01 bits per heavy atom. The van der Waals surface area contributed by atoms with Crippen molar-refractivity contribution >= 4 is 87.7 Å². The molecule has 0 amide bonds. The van der Waals surface area contributed by atoms with E-state index in [9.17, 15) is 5.11 Å². The Morgan fingerprint density at radius 1 is 0.597 bits per heavy atom. The molecule has 2 aromatic carbocycles. The lowest BCUT2D eigenvalue weighted by Crippen LogP contribution is -2.70. The van der Waals surface area contributed by atoms with E-state index in [1.54, 1.807) is 0 Å². The zero-order valence-electron chi connectivity index (χ0n) is 42.2. The lowest BCUT2D eigenvalue weighted by Gasteiger charge is -2.59. The van der Waals surface area contributed by atoms with E-state index in [-0.39, 0.29) is 11.8 Å². The van der Waals surface area contributed by atoms with Crippen molar-refractivity contribution in [3.63, 3.8) is 0 Å². The normalized spacial score (nSPS) is 27.6. The van der Waals surface area contributed by atoms with E-state index in [0.29, 0.717) is 11.8 Å². The highest BCUT2D eigenvalue weighted by Gasteiger charge is 2.69. The van der Waals surface area contributed by atoms with Crippen LogP contribution in [0.3, 0.4) is 0 Å². The number of ether oxygens (including phenoxy) is 2. The molecule has 4 aromatic rings. The van der Waals surface area contributed by atoms with Crippen LogP contribution in [0.5, 0.6) is 0 Å². The first-order valence-electron chi connectivity index (χ1n) is 24.1. The van der Waals surface area contributed by atoms with E-state index in [1.165, 1.54) is 35.0 Å². The number of phosphoric acid groups is 4. The highest BCUT2D eigenvalue weighted by Crippen LogP contribution is 2.60. The van der Waals surface area contributed by atoms with Crippen LogP contribution in [0.1, 0.15) is 52.9 Å². The van der Waals surface area contributed by atoms with Gasteiger partial charge in [-0.2, -0.15) is 0 Å². The van der Waals surface area contributed by atoms with Crippen LogP contribution in [-0.4, -0.2) is 173 Å². The number of benzene rings is 2. The number of rotatable bonds is 6. The molecule has 2 aromatic heterocycles. The van der Waals surface area contributed by atoms with Crippen LogP contribution in [0, 0.1) is 23.7 Å². The van der Waals surface area contributed by atoms with Gasteiger partial charge in [0, 0.05) is 115 Å². The van der Waals surface area contributed by atoms with Crippen molar-refractivity contribution in [2.45, 2.75) is 76.8 Å². The Balaban J connectivity index is 0.000000226. The van der Waals surface area contributed by atoms with Gasteiger partial charge < -0.3 is 83.1 Å². The van der Waals surface area contributed by atoms with Crippen LogP contribution < -0.4 is 9.80 Å². The minimum atomic E-state index is -4.64. The van der Waals surface area contributed by atoms with Crippen LogP contribution in [0.25, 0.3) is 21.8 Å². The molecule has 1 aliphatic carbocycles. The number of hydrogen-bond donors (Lipinski definition) is 13. The summed E-state index contributed by atoms with van der Waals surface area (Å²) in [5, 5.41) is 14.0.